The number of fused-ring (bicyclic) bond motifs is 1. The van der Waals surface area contributed by atoms with Crippen LogP contribution >= 0.6 is 0 Å². The first-order valence-corrected chi connectivity index (χ1v) is 8.43. The van der Waals surface area contributed by atoms with Crippen LogP contribution in [0.2, 0.25) is 0 Å². The van der Waals surface area contributed by atoms with Crippen molar-refractivity contribution in [1.29, 1.82) is 0 Å². The van der Waals surface area contributed by atoms with Gasteiger partial charge in [0.05, 0.1) is 6.61 Å². The molecule has 0 bridgehead atoms. The van der Waals surface area contributed by atoms with E-state index in [1.807, 2.05) is 60.7 Å². The van der Waals surface area contributed by atoms with Crippen molar-refractivity contribution in [2.24, 2.45) is 0 Å². The van der Waals surface area contributed by atoms with Gasteiger partial charge in [-0.1, -0.05) is 60.7 Å². The first kappa shape index (κ1) is 17.6. The normalized spacial score (nSPS) is 10.5. The standard InChI is InChI=1S/C21H20N2O3/c24-14-16-10-8-15(9-11-16)12-13-22-20(25)21(26)23-19-7-3-5-17-4-1-2-6-18(17)19/h1-11,24H,12-14H2,(H,22,25)(H,23,26). The number of rotatable bonds is 5. The SMILES string of the molecule is O=C(NCCc1ccc(CO)cc1)C(=O)Nc1cccc2ccccc12. The number of hydrogen-bond acceptors (Lipinski definition) is 3. The van der Waals surface area contributed by atoms with Crippen molar-refractivity contribution in [2.75, 3.05) is 11.9 Å². The third-order valence-electron chi connectivity index (χ3n) is 4.15. The minimum absolute atomic E-state index is 0.00531. The summed E-state index contributed by atoms with van der Waals surface area (Å²) in [4.78, 5) is 24.1. The second-order valence-electron chi connectivity index (χ2n) is 5.96. The second-order valence-corrected chi connectivity index (χ2v) is 5.96. The summed E-state index contributed by atoms with van der Waals surface area (Å²) in [5, 5.41) is 16.2. The van der Waals surface area contributed by atoms with Crippen LogP contribution in [0.1, 0.15) is 11.1 Å². The molecular weight excluding hydrogens is 328 g/mol. The zero-order valence-corrected chi connectivity index (χ0v) is 14.2. The minimum atomic E-state index is -0.683. The fraction of sp³-hybridized carbons (Fsp3) is 0.143. The van der Waals surface area contributed by atoms with Gasteiger partial charge in [-0.2, -0.15) is 0 Å². The highest BCUT2D eigenvalue weighted by Crippen LogP contribution is 2.22. The van der Waals surface area contributed by atoms with E-state index < -0.39 is 11.8 Å². The molecule has 0 saturated heterocycles. The van der Waals surface area contributed by atoms with Gasteiger partial charge in [-0.15, -0.1) is 0 Å². The van der Waals surface area contributed by atoms with Gasteiger partial charge in [0, 0.05) is 17.6 Å². The Morgan fingerprint density at radius 2 is 1.50 bits per heavy atom. The number of nitrogens with one attached hydrogen (secondary N) is 2. The first-order valence-electron chi connectivity index (χ1n) is 8.43. The fourth-order valence-electron chi connectivity index (χ4n) is 2.73. The van der Waals surface area contributed by atoms with Crippen LogP contribution in [0.5, 0.6) is 0 Å². The van der Waals surface area contributed by atoms with E-state index in [0.29, 0.717) is 18.7 Å². The van der Waals surface area contributed by atoms with Crippen LogP contribution in [0, 0.1) is 0 Å². The lowest BCUT2D eigenvalue weighted by molar-refractivity contribution is -0.136. The molecule has 5 heteroatoms. The molecule has 3 rings (SSSR count). The average molecular weight is 348 g/mol. The van der Waals surface area contributed by atoms with Crippen molar-refractivity contribution in [3.8, 4) is 0 Å². The van der Waals surface area contributed by atoms with Gasteiger partial charge in [-0.05, 0) is 29.0 Å². The Bertz CT molecular complexity index is 915. The zero-order chi connectivity index (χ0) is 18.4. The Labute approximate surface area is 151 Å². The molecule has 0 aliphatic heterocycles. The lowest BCUT2D eigenvalue weighted by atomic mass is 10.1. The lowest BCUT2D eigenvalue weighted by Gasteiger charge is -2.09. The molecule has 3 aromatic carbocycles. The number of carbonyl (C=O) groups is 2. The predicted molar refractivity (Wildman–Crippen MR) is 102 cm³/mol. The van der Waals surface area contributed by atoms with Crippen LogP contribution in [-0.4, -0.2) is 23.5 Å². The molecule has 132 valence electrons. The summed E-state index contributed by atoms with van der Waals surface area (Å²) in [5.41, 5.74) is 2.48. The van der Waals surface area contributed by atoms with E-state index in [-0.39, 0.29) is 6.61 Å². The number of amides is 2. The Kier molecular flexibility index (Phi) is 5.61. The van der Waals surface area contributed by atoms with Gasteiger partial charge in [0.15, 0.2) is 0 Å². The number of aliphatic hydroxyl groups excluding tert-OH is 1. The molecule has 26 heavy (non-hydrogen) atoms. The molecule has 0 radical (unpaired) electrons. The zero-order valence-electron chi connectivity index (χ0n) is 14.2. The number of benzene rings is 3. The van der Waals surface area contributed by atoms with Gasteiger partial charge < -0.3 is 15.7 Å². The highest BCUT2D eigenvalue weighted by Gasteiger charge is 2.14. The number of carbonyl (C=O) groups excluding carboxylic acids is 2. The third kappa shape index (κ3) is 4.26. The molecule has 0 unspecified atom stereocenters. The van der Waals surface area contributed by atoms with E-state index in [0.717, 1.165) is 21.9 Å². The van der Waals surface area contributed by atoms with Crippen molar-refractivity contribution in [3.63, 3.8) is 0 Å². The van der Waals surface area contributed by atoms with Crippen molar-refractivity contribution in [3.05, 3.63) is 77.9 Å². The summed E-state index contributed by atoms with van der Waals surface area (Å²) in [5.74, 6) is -1.35. The molecule has 2 amide bonds. The molecule has 0 aliphatic rings. The summed E-state index contributed by atoms with van der Waals surface area (Å²) >= 11 is 0. The van der Waals surface area contributed by atoms with Crippen LogP contribution in [0.4, 0.5) is 5.69 Å². The molecule has 0 fully saturated rings. The fourth-order valence-corrected chi connectivity index (χ4v) is 2.73. The average Bonchev–Trinajstić information content (AvgIpc) is 2.68. The van der Waals surface area contributed by atoms with Crippen molar-refractivity contribution < 1.29 is 14.7 Å². The van der Waals surface area contributed by atoms with Crippen molar-refractivity contribution in [1.82, 2.24) is 5.32 Å². The molecule has 0 aromatic heterocycles. The van der Waals surface area contributed by atoms with E-state index in [1.54, 1.807) is 6.07 Å². The quantitative estimate of drug-likeness (QED) is 0.620. The monoisotopic (exact) mass is 348 g/mol. The van der Waals surface area contributed by atoms with Crippen molar-refractivity contribution in [2.45, 2.75) is 13.0 Å². The largest absolute Gasteiger partial charge is 0.392 e. The van der Waals surface area contributed by atoms with E-state index in [2.05, 4.69) is 10.6 Å². The second kappa shape index (κ2) is 8.27. The summed E-state index contributed by atoms with van der Waals surface area (Å²) in [6.45, 7) is 0.367. The molecule has 3 N–H and O–H groups in total. The molecule has 0 spiro atoms. The highest BCUT2D eigenvalue weighted by molar-refractivity contribution is 6.40. The van der Waals surface area contributed by atoms with Crippen LogP contribution in [-0.2, 0) is 22.6 Å². The third-order valence-corrected chi connectivity index (χ3v) is 4.15. The summed E-state index contributed by atoms with van der Waals surface area (Å²) in [7, 11) is 0. The molecule has 3 aromatic rings. The molecular formula is C21H20N2O3. The molecule has 0 atom stereocenters. The number of aliphatic hydroxyl groups is 1. The Morgan fingerprint density at radius 1 is 0.808 bits per heavy atom. The maximum absolute atomic E-state index is 12.1. The van der Waals surface area contributed by atoms with Crippen LogP contribution < -0.4 is 10.6 Å². The Morgan fingerprint density at radius 3 is 2.27 bits per heavy atom. The van der Waals surface area contributed by atoms with Gasteiger partial charge >= 0.3 is 11.8 Å². The predicted octanol–water partition coefficient (Wildman–Crippen LogP) is 2.63. The van der Waals surface area contributed by atoms with Crippen LogP contribution in [0.25, 0.3) is 10.8 Å². The minimum Gasteiger partial charge on any atom is -0.392 e. The maximum atomic E-state index is 12.1. The number of anilines is 1. The van der Waals surface area contributed by atoms with E-state index in [1.165, 1.54) is 0 Å². The van der Waals surface area contributed by atoms with Gasteiger partial charge in [-0.25, -0.2) is 0 Å². The first-order chi connectivity index (χ1) is 12.7. The smallest absolute Gasteiger partial charge is 0.313 e. The van der Waals surface area contributed by atoms with Crippen LogP contribution in [0.3, 0.4) is 0 Å². The Hall–Kier alpha value is -3.18. The van der Waals surface area contributed by atoms with E-state index >= 15 is 0 Å². The summed E-state index contributed by atoms with van der Waals surface area (Å²) < 4.78 is 0. The topological polar surface area (TPSA) is 78.4 Å². The molecule has 5 nitrogen and oxygen atoms in total. The summed E-state index contributed by atoms with van der Waals surface area (Å²) in [6.07, 6.45) is 0.610. The van der Waals surface area contributed by atoms with Crippen LogP contribution in [0.15, 0.2) is 66.7 Å². The highest BCUT2D eigenvalue weighted by atomic mass is 16.3. The van der Waals surface area contributed by atoms with Gasteiger partial charge in [0.25, 0.3) is 0 Å². The molecule has 0 heterocycles. The molecule has 0 saturated carbocycles. The van der Waals surface area contributed by atoms with Crippen molar-refractivity contribution >= 4 is 28.3 Å². The maximum Gasteiger partial charge on any atom is 0.313 e. The van der Waals surface area contributed by atoms with Gasteiger partial charge in [-0.3, -0.25) is 9.59 Å². The molecule has 0 aliphatic carbocycles. The van der Waals surface area contributed by atoms with Gasteiger partial charge in [0.2, 0.25) is 0 Å². The van der Waals surface area contributed by atoms with Gasteiger partial charge in [0.1, 0.15) is 0 Å². The van der Waals surface area contributed by atoms with E-state index in [9.17, 15) is 9.59 Å². The number of hydrogen-bond donors (Lipinski definition) is 3. The summed E-state index contributed by atoms with van der Waals surface area (Å²) in [6, 6.07) is 20.7. The lowest BCUT2D eigenvalue weighted by Crippen LogP contribution is -2.36. The Balaban J connectivity index is 1.55. The van der Waals surface area contributed by atoms with E-state index in [4.69, 9.17) is 5.11 Å².